The third-order valence-electron chi connectivity index (χ3n) is 4.84. The summed E-state index contributed by atoms with van der Waals surface area (Å²) in [6, 6.07) is 10.6. The molecule has 5 rings (SSSR count). The van der Waals surface area contributed by atoms with E-state index in [0.717, 1.165) is 28.2 Å². The van der Waals surface area contributed by atoms with Crippen LogP contribution in [0.15, 0.2) is 51.8 Å². The van der Waals surface area contributed by atoms with Crippen molar-refractivity contribution in [2.45, 2.75) is 36.9 Å². The minimum absolute atomic E-state index is 0.0507. The maximum absolute atomic E-state index is 12.7. The SMILES string of the molecule is O=c1nc2n(c3sc4c(c13)CCCC4)[C@@H](c1ccccc1)C=CS2. The Labute approximate surface area is 148 Å². The molecule has 5 heteroatoms. The third kappa shape index (κ3) is 2.11. The first kappa shape index (κ1) is 14.5. The lowest BCUT2D eigenvalue weighted by Crippen LogP contribution is -2.20. The van der Waals surface area contributed by atoms with Crippen LogP contribution in [0.4, 0.5) is 0 Å². The van der Waals surface area contributed by atoms with Crippen LogP contribution in [0.25, 0.3) is 10.2 Å². The molecule has 0 unspecified atom stereocenters. The number of aryl methyl sites for hydroxylation is 2. The van der Waals surface area contributed by atoms with E-state index in [-0.39, 0.29) is 11.6 Å². The van der Waals surface area contributed by atoms with Crippen LogP contribution >= 0.6 is 23.1 Å². The molecule has 24 heavy (non-hydrogen) atoms. The van der Waals surface area contributed by atoms with Crippen molar-refractivity contribution in [2.24, 2.45) is 0 Å². The number of benzene rings is 1. The maximum atomic E-state index is 12.7. The molecule has 3 nitrogen and oxygen atoms in total. The van der Waals surface area contributed by atoms with E-state index < -0.39 is 0 Å². The Morgan fingerprint density at radius 3 is 2.83 bits per heavy atom. The molecule has 2 aliphatic rings. The van der Waals surface area contributed by atoms with Crippen molar-refractivity contribution in [3.05, 3.63) is 68.2 Å². The van der Waals surface area contributed by atoms with Crippen LogP contribution in [0.1, 0.15) is 34.9 Å². The van der Waals surface area contributed by atoms with Gasteiger partial charge in [-0.15, -0.1) is 11.3 Å². The van der Waals surface area contributed by atoms with Crippen molar-refractivity contribution in [2.75, 3.05) is 0 Å². The summed E-state index contributed by atoms with van der Waals surface area (Å²) in [5.41, 5.74) is 2.44. The fourth-order valence-corrected chi connectivity index (χ4v) is 6.00. The Bertz CT molecular complexity index is 1020. The molecular weight excluding hydrogens is 336 g/mol. The average Bonchev–Trinajstić information content (AvgIpc) is 3.02. The normalized spacial score (nSPS) is 19.2. The summed E-state index contributed by atoms with van der Waals surface area (Å²) in [6.07, 6.45) is 6.73. The number of hydrogen-bond acceptors (Lipinski definition) is 4. The molecule has 3 heterocycles. The number of hydrogen-bond donors (Lipinski definition) is 0. The predicted molar refractivity (Wildman–Crippen MR) is 100 cm³/mol. The first-order valence-electron chi connectivity index (χ1n) is 8.28. The lowest BCUT2D eigenvalue weighted by molar-refractivity contribution is 0.626. The van der Waals surface area contributed by atoms with Gasteiger partial charge in [0.05, 0.1) is 11.4 Å². The molecule has 0 fully saturated rings. The van der Waals surface area contributed by atoms with Gasteiger partial charge in [0.25, 0.3) is 5.56 Å². The molecule has 0 amide bonds. The first-order valence-corrected chi connectivity index (χ1v) is 9.97. The number of thioether (sulfide) groups is 1. The van der Waals surface area contributed by atoms with Crippen LogP contribution in [-0.4, -0.2) is 9.55 Å². The zero-order chi connectivity index (χ0) is 16.1. The fraction of sp³-hybridized carbons (Fsp3) is 0.263. The number of allylic oxidation sites excluding steroid dienone is 1. The van der Waals surface area contributed by atoms with Crippen molar-refractivity contribution in [3.63, 3.8) is 0 Å². The number of aromatic nitrogens is 2. The van der Waals surface area contributed by atoms with Gasteiger partial charge in [-0.3, -0.25) is 4.79 Å². The summed E-state index contributed by atoms with van der Waals surface area (Å²) in [7, 11) is 0. The smallest absolute Gasteiger partial charge is 0.282 e. The molecule has 1 atom stereocenters. The van der Waals surface area contributed by atoms with Crippen LogP contribution in [0.2, 0.25) is 0 Å². The number of nitrogens with zero attached hydrogens (tertiary/aromatic N) is 2. The molecule has 2 aromatic heterocycles. The predicted octanol–water partition coefficient (Wildman–Crippen LogP) is 4.55. The van der Waals surface area contributed by atoms with Gasteiger partial charge in [0.2, 0.25) is 0 Å². The van der Waals surface area contributed by atoms with Gasteiger partial charge in [-0.2, -0.15) is 4.98 Å². The lowest BCUT2D eigenvalue weighted by atomic mass is 9.97. The highest BCUT2D eigenvalue weighted by molar-refractivity contribution is 8.02. The minimum atomic E-state index is -0.0507. The molecule has 0 bridgehead atoms. The van der Waals surface area contributed by atoms with E-state index in [1.165, 1.54) is 28.8 Å². The molecule has 120 valence electrons. The second kappa shape index (κ2) is 5.60. The molecule has 0 saturated carbocycles. The summed E-state index contributed by atoms with van der Waals surface area (Å²) in [5, 5.41) is 3.73. The molecular formula is C19H16N2OS2. The van der Waals surface area contributed by atoms with E-state index in [0.29, 0.717) is 0 Å². The van der Waals surface area contributed by atoms with E-state index in [4.69, 9.17) is 0 Å². The molecule has 3 aromatic rings. The summed E-state index contributed by atoms with van der Waals surface area (Å²) < 4.78 is 2.26. The highest BCUT2D eigenvalue weighted by Crippen LogP contribution is 2.40. The Morgan fingerprint density at radius 1 is 1.12 bits per heavy atom. The van der Waals surface area contributed by atoms with Gasteiger partial charge < -0.3 is 4.57 Å². The molecule has 0 radical (unpaired) electrons. The number of fused-ring (bicyclic) bond motifs is 5. The largest absolute Gasteiger partial charge is 0.300 e. The highest BCUT2D eigenvalue weighted by Gasteiger charge is 2.26. The number of rotatable bonds is 1. The van der Waals surface area contributed by atoms with Gasteiger partial charge in [-0.1, -0.05) is 48.2 Å². The minimum Gasteiger partial charge on any atom is -0.300 e. The van der Waals surface area contributed by atoms with Gasteiger partial charge >= 0.3 is 0 Å². The average molecular weight is 352 g/mol. The third-order valence-corrected chi connectivity index (χ3v) is 6.93. The Kier molecular flexibility index (Phi) is 3.38. The van der Waals surface area contributed by atoms with Crippen LogP contribution in [-0.2, 0) is 12.8 Å². The molecule has 0 spiro atoms. The Balaban J connectivity index is 1.83. The summed E-state index contributed by atoms with van der Waals surface area (Å²) in [5.74, 6) is 0. The lowest BCUT2D eigenvalue weighted by Gasteiger charge is -2.24. The summed E-state index contributed by atoms with van der Waals surface area (Å²) in [6.45, 7) is 0. The van der Waals surface area contributed by atoms with Crippen LogP contribution in [0.5, 0.6) is 0 Å². The van der Waals surface area contributed by atoms with E-state index in [1.54, 1.807) is 23.1 Å². The Hall–Kier alpha value is -1.85. The van der Waals surface area contributed by atoms with Crippen molar-refractivity contribution < 1.29 is 0 Å². The van der Waals surface area contributed by atoms with Crippen molar-refractivity contribution >= 4 is 33.3 Å². The first-order chi connectivity index (χ1) is 11.8. The molecule has 1 aliphatic heterocycles. The Morgan fingerprint density at radius 2 is 1.96 bits per heavy atom. The van der Waals surface area contributed by atoms with Gasteiger partial charge in [0, 0.05) is 4.88 Å². The topological polar surface area (TPSA) is 34.9 Å². The molecule has 0 saturated heterocycles. The monoisotopic (exact) mass is 352 g/mol. The van der Waals surface area contributed by atoms with Crippen LogP contribution in [0.3, 0.4) is 0 Å². The second-order valence-corrected chi connectivity index (χ2v) is 8.22. The van der Waals surface area contributed by atoms with E-state index in [1.807, 2.05) is 6.07 Å². The fourth-order valence-electron chi connectivity index (χ4n) is 3.72. The maximum Gasteiger partial charge on any atom is 0.282 e. The summed E-state index contributed by atoms with van der Waals surface area (Å²) in [4.78, 5) is 19.6. The van der Waals surface area contributed by atoms with Gasteiger partial charge in [0.15, 0.2) is 5.16 Å². The van der Waals surface area contributed by atoms with Crippen LogP contribution in [0, 0.1) is 0 Å². The zero-order valence-electron chi connectivity index (χ0n) is 13.1. The quantitative estimate of drug-likeness (QED) is 0.603. The molecule has 1 aliphatic carbocycles. The standard InChI is InChI=1S/C19H16N2OS2/c22-17-16-13-8-4-5-9-15(13)24-18(16)21-14(10-11-23-19(21)20-17)12-6-2-1-3-7-12/h1-3,6-7,10-11,14H,4-5,8-9H2/t14-/m1/s1. The van der Waals surface area contributed by atoms with E-state index >= 15 is 0 Å². The van der Waals surface area contributed by atoms with Gasteiger partial charge in [-0.05, 0) is 42.2 Å². The van der Waals surface area contributed by atoms with Gasteiger partial charge in [0.1, 0.15) is 4.83 Å². The van der Waals surface area contributed by atoms with Crippen LogP contribution < -0.4 is 5.56 Å². The van der Waals surface area contributed by atoms with Crippen molar-refractivity contribution in [1.82, 2.24) is 9.55 Å². The molecule has 1 aromatic carbocycles. The molecule has 0 N–H and O–H groups in total. The second-order valence-electron chi connectivity index (χ2n) is 6.26. The highest BCUT2D eigenvalue weighted by atomic mass is 32.2. The van der Waals surface area contributed by atoms with Gasteiger partial charge in [-0.25, -0.2) is 0 Å². The summed E-state index contributed by atoms with van der Waals surface area (Å²) >= 11 is 3.34. The van der Waals surface area contributed by atoms with E-state index in [2.05, 4.69) is 45.3 Å². The number of thiophene rings is 1. The van der Waals surface area contributed by atoms with Crippen molar-refractivity contribution in [1.29, 1.82) is 0 Å². The van der Waals surface area contributed by atoms with Crippen molar-refractivity contribution in [3.8, 4) is 0 Å². The van der Waals surface area contributed by atoms with E-state index in [9.17, 15) is 4.79 Å². The zero-order valence-corrected chi connectivity index (χ0v) is 14.7.